The zero-order chi connectivity index (χ0) is 10.7. The predicted octanol–water partition coefficient (Wildman–Crippen LogP) is 3.20. The van der Waals surface area contributed by atoms with Gasteiger partial charge in [0.15, 0.2) is 0 Å². The predicted molar refractivity (Wildman–Crippen MR) is 61.3 cm³/mol. The Morgan fingerprint density at radius 3 is 3.00 bits per heavy atom. The number of rotatable bonds is 3. The maximum atomic E-state index is 8.83. The summed E-state index contributed by atoms with van der Waals surface area (Å²) >= 11 is 0. The number of H-pyrrole nitrogens is 1. The van der Waals surface area contributed by atoms with Crippen molar-refractivity contribution in [3.8, 4) is 6.07 Å². The van der Waals surface area contributed by atoms with Gasteiger partial charge < -0.3 is 4.98 Å². The Morgan fingerprint density at radius 2 is 2.27 bits per heavy atom. The lowest BCUT2D eigenvalue weighted by Gasteiger charge is -1.97. The highest BCUT2D eigenvalue weighted by molar-refractivity contribution is 5.84. The van der Waals surface area contributed by atoms with Crippen LogP contribution < -0.4 is 0 Å². The summed E-state index contributed by atoms with van der Waals surface area (Å²) in [6, 6.07) is 7.91. The van der Waals surface area contributed by atoms with Crippen molar-refractivity contribution in [3.63, 3.8) is 0 Å². The van der Waals surface area contributed by atoms with Crippen molar-refractivity contribution < 1.29 is 0 Å². The number of unbranched alkanes of at least 4 members (excludes halogenated alkanes) is 1. The van der Waals surface area contributed by atoms with Gasteiger partial charge in [-0.2, -0.15) is 5.26 Å². The van der Waals surface area contributed by atoms with E-state index in [1.165, 1.54) is 10.9 Å². The molecule has 0 bridgehead atoms. The Hall–Kier alpha value is -1.75. The van der Waals surface area contributed by atoms with Crippen molar-refractivity contribution in [1.29, 1.82) is 5.26 Å². The van der Waals surface area contributed by atoms with Crippen LogP contribution >= 0.6 is 0 Å². The summed E-state index contributed by atoms with van der Waals surface area (Å²) < 4.78 is 0. The highest BCUT2D eigenvalue weighted by atomic mass is 14.7. The minimum atomic E-state index is 0.720. The quantitative estimate of drug-likeness (QED) is 0.806. The summed E-state index contributed by atoms with van der Waals surface area (Å²) in [6.45, 7) is 3.84. The number of hydrogen-bond donors (Lipinski definition) is 1. The summed E-state index contributed by atoms with van der Waals surface area (Å²) in [7, 11) is 0. The highest BCUT2D eigenvalue weighted by Crippen LogP contribution is 2.21. The van der Waals surface area contributed by atoms with Gasteiger partial charge in [0, 0.05) is 17.1 Å². The molecule has 1 radical (unpaired) electrons. The second-order valence-electron chi connectivity index (χ2n) is 3.64. The summed E-state index contributed by atoms with van der Waals surface area (Å²) in [5.74, 6) is 0. The van der Waals surface area contributed by atoms with Gasteiger partial charge in [0.05, 0.1) is 11.6 Å². The van der Waals surface area contributed by atoms with Crippen LogP contribution in [0.4, 0.5) is 0 Å². The van der Waals surface area contributed by atoms with Gasteiger partial charge in [-0.1, -0.05) is 13.3 Å². The van der Waals surface area contributed by atoms with E-state index in [9.17, 15) is 0 Å². The number of fused-ring (bicyclic) bond motifs is 1. The zero-order valence-corrected chi connectivity index (χ0v) is 8.59. The molecule has 2 aromatic rings. The largest absolute Gasteiger partial charge is 0.361 e. The SMILES string of the molecule is [CH2]CCCc1c[nH]c2ccc(C#N)cc12. The fourth-order valence-electron chi connectivity index (χ4n) is 1.77. The summed E-state index contributed by atoms with van der Waals surface area (Å²) in [4.78, 5) is 3.22. The Kier molecular flexibility index (Phi) is 2.73. The first kappa shape index (κ1) is 9.79. The van der Waals surface area contributed by atoms with Crippen LogP contribution in [0.1, 0.15) is 24.0 Å². The third-order valence-corrected chi connectivity index (χ3v) is 2.59. The number of benzene rings is 1. The van der Waals surface area contributed by atoms with E-state index in [0.717, 1.165) is 30.3 Å². The molecule has 0 amide bonds. The molecule has 15 heavy (non-hydrogen) atoms. The molecule has 0 fully saturated rings. The van der Waals surface area contributed by atoms with Crippen LogP contribution in [0.15, 0.2) is 24.4 Å². The first-order valence-corrected chi connectivity index (χ1v) is 5.14. The van der Waals surface area contributed by atoms with E-state index in [1.54, 1.807) is 0 Å². The van der Waals surface area contributed by atoms with Crippen LogP contribution in [0.25, 0.3) is 10.9 Å². The first-order valence-electron chi connectivity index (χ1n) is 5.14. The van der Waals surface area contributed by atoms with Gasteiger partial charge in [-0.05, 0) is 36.6 Å². The highest BCUT2D eigenvalue weighted by Gasteiger charge is 2.03. The van der Waals surface area contributed by atoms with Gasteiger partial charge in [0.2, 0.25) is 0 Å². The molecule has 2 nitrogen and oxygen atoms in total. The first-order chi connectivity index (χ1) is 7.35. The number of nitrogens with zero attached hydrogens (tertiary/aromatic N) is 1. The van der Waals surface area contributed by atoms with Crippen molar-refractivity contribution in [3.05, 3.63) is 42.4 Å². The summed E-state index contributed by atoms with van der Waals surface area (Å²) in [5, 5.41) is 10.0. The van der Waals surface area contributed by atoms with Gasteiger partial charge in [0.25, 0.3) is 0 Å². The number of aromatic nitrogens is 1. The Morgan fingerprint density at radius 1 is 1.40 bits per heavy atom. The maximum Gasteiger partial charge on any atom is 0.0991 e. The fourth-order valence-corrected chi connectivity index (χ4v) is 1.77. The van der Waals surface area contributed by atoms with E-state index in [1.807, 2.05) is 24.4 Å². The lowest BCUT2D eigenvalue weighted by molar-refractivity contribution is 0.845. The third-order valence-electron chi connectivity index (χ3n) is 2.59. The second kappa shape index (κ2) is 4.18. The third kappa shape index (κ3) is 1.87. The van der Waals surface area contributed by atoms with E-state index in [-0.39, 0.29) is 0 Å². The average molecular weight is 197 g/mol. The monoisotopic (exact) mass is 197 g/mol. The van der Waals surface area contributed by atoms with Crippen molar-refractivity contribution >= 4 is 10.9 Å². The van der Waals surface area contributed by atoms with Crippen molar-refractivity contribution in [1.82, 2.24) is 4.98 Å². The van der Waals surface area contributed by atoms with Crippen LogP contribution in [0, 0.1) is 18.3 Å². The van der Waals surface area contributed by atoms with E-state index >= 15 is 0 Å². The van der Waals surface area contributed by atoms with Gasteiger partial charge in [-0.25, -0.2) is 0 Å². The summed E-state index contributed by atoms with van der Waals surface area (Å²) in [5.41, 5.74) is 3.11. The van der Waals surface area contributed by atoms with E-state index in [2.05, 4.69) is 18.0 Å². The second-order valence-corrected chi connectivity index (χ2v) is 3.64. The molecule has 0 saturated carbocycles. The molecule has 2 heteroatoms. The van der Waals surface area contributed by atoms with Gasteiger partial charge in [-0.3, -0.25) is 0 Å². The fraction of sp³-hybridized carbons (Fsp3) is 0.231. The maximum absolute atomic E-state index is 8.83. The standard InChI is InChI=1S/C13H13N2/c1-2-3-4-11-9-15-13-6-5-10(8-14)7-12(11)13/h5-7,9,15H,1-4H2. The average Bonchev–Trinajstić information content (AvgIpc) is 2.68. The van der Waals surface area contributed by atoms with Crippen molar-refractivity contribution in [2.24, 2.45) is 0 Å². The van der Waals surface area contributed by atoms with E-state index < -0.39 is 0 Å². The van der Waals surface area contributed by atoms with Gasteiger partial charge in [0.1, 0.15) is 0 Å². The zero-order valence-electron chi connectivity index (χ0n) is 8.59. The molecule has 0 aliphatic rings. The molecule has 0 atom stereocenters. The molecule has 0 aliphatic carbocycles. The normalized spacial score (nSPS) is 10.4. The lowest BCUT2D eigenvalue weighted by atomic mass is 10.1. The Labute approximate surface area is 89.5 Å². The van der Waals surface area contributed by atoms with Gasteiger partial charge in [-0.15, -0.1) is 0 Å². The minimum Gasteiger partial charge on any atom is -0.361 e. The molecule has 0 aliphatic heterocycles. The minimum absolute atomic E-state index is 0.720. The molecular formula is C13H13N2. The Bertz CT molecular complexity index is 503. The molecule has 0 saturated heterocycles. The molecule has 1 aromatic heterocycles. The number of hydrogen-bond acceptors (Lipinski definition) is 1. The molecule has 1 heterocycles. The molecule has 1 N–H and O–H groups in total. The van der Waals surface area contributed by atoms with Crippen LogP contribution in [0.3, 0.4) is 0 Å². The molecular weight excluding hydrogens is 184 g/mol. The van der Waals surface area contributed by atoms with Crippen LogP contribution in [0.2, 0.25) is 0 Å². The van der Waals surface area contributed by atoms with Gasteiger partial charge >= 0.3 is 0 Å². The number of nitriles is 1. The molecule has 2 rings (SSSR count). The number of nitrogens with one attached hydrogen (secondary N) is 1. The van der Waals surface area contributed by atoms with Crippen molar-refractivity contribution in [2.75, 3.05) is 0 Å². The Balaban J connectivity index is 2.43. The van der Waals surface area contributed by atoms with Crippen LogP contribution in [-0.2, 0) is 6.42 Å². The topological polar surface area (TPSA) is 39.6 Å². The molecule has 1 aromatic carbocycles. The molecule has 0 unspecified atom stereocenters. The van der Waals surface area contributed by atoms with E-state index in [4.69, 9.17) is 5.26 Å². The van der Waals surface area contributed by atoms with Crippen molar-refractivity contribution in [2.45, 2.75) is 19.3 Å². The van der Waals surface area contributed by atoms with Crippen LogP contribution in [0.5, 0.6) is 0 Å². The molecule has 75 valence electrons. The smallest absolute Gasteiger partial charge is 0.0991 e. The number of aryl methyl sites for hydroxylation is 1. The van der Waals surface area contributed by atoms with E-state index in [0.29, 0.717) is 0 Å². The number of aromatic amines is 1. The van der Waals surface area contributed by atoms with Crippen LogP contribution in [-0.4, -0.2) is 4.98 Å². The summed E-state index contributed by atoms with van der Waals surface area (Å²) in [6.07, 6.45) is 5.09. The lowest BCUT2D eigenvalue weighted by Crippen LogP contribution is -1.82. The molecule has 0 spiro atoms.